The Morgan fingerprint density at radius 1 is 1.03 bits per heavy atom. The molecule has 0 bridgehead atoms. The molecule has 2 heterocycles. The summed E-state index contributed by atoms with van der Waals surface area (Å²) in [5.74, 6) is -10.5. The molecule has 1 amide bonds. The third kappa shape index (κ3) is 4.16. The SMILES string of the molecule is Cc1nn(CCC(=O)Nc2ccn(Cc3c(F)c(F)c(F)c(F)c3F)n2)c(C)c1Cl. The number of hydrogen-bond donors (Lipinski definition) is 1. The van der Waals surface area contributed by atoms with Gasteiger partial charge in [0.25, 0.3) is 0 Å². The van der Waals surface area contributed by atoms with Crippen molar-refractivity contribution in [3.05, 3.63) is 63.3 Å². The summed E-state index contributed by atoms with van der Waals surface area (Å²) in [6.45, 7) is 3.05. The first-order valence-corrected chi connectivity index (χ1v) is 9.01. The fraction of sp³-hybridized carbons (Fsp3) is 0.278. The molecule has 3 rings (SSSR count). The van der Waals surface area contributed by atoms with Gasteiger partial charge in [0.15, 0.2) is 29.1 Å². The molecule has 0 fully saturated rings. The number of halogens is 6. The van der Waals surface area contributed by atoms with Crippen LogP contribution in [0.3, 0.4) is 0 Å². The summed E-state index contributed by atoms with van der Waals surface area (Å²) in [6, 6.07) is 1.32. The van der Waals surface area contributed by atoms with Crippen molar-refractivity contribution in [2.45, 2.75) is 33.4 Å². The summed E-state index contributed by atoms with van der Waals surface area (Å²) in [7, 11) is 0. The van der Waals surface area contributed by atoms with Crippen molar-refractivity contribution in [1.82, 2.24) is 19.6 Å². The Hall–Kier alpha value is -2.95. The van der Waals surface area contributed by atoms with E-state index in [1.165, 1.54) is 12.3 Å². The van der Waals surface area contributed by atoms with Crippen LogP contribution in [0.2, 0.25) is 5.02 Å². The van der Waals surface area contributed by atoms with E-state index in [1.54, 1.807) is 18.5 Å². The maximum atomic E-state index is 13.8. The predicted molar refractivity (Wildman–Crippen MR) is 97.5 cm³/mol. The first-order chi connectivity index (χ1) is 14.1. The van der Waals surface area contributed by atoms with Crippen molar-refractivity contribution >= 4 is 23.3 Å². The van der Waals surface area contributed by atoms with E-state index in [4.69, 9.17) is 11.6 Å². The van der Waals surface area contributed by atoms with Gasteiger partial charge in [0.2, 0.25) is 11.7 Å². The van der Waals surface area contributed by atoms with Gasteiger partial charge in [0, 0.05) is 18.7 Å². The first-order valence-electron chi connectivity index (χ1n) is 8.63. The van der Waals surface area contributed by atoms with Gasteiger partial charge in [-0.15, -0.1) is 0 Å². The molecule has 2 aromatic heterocycles. The maximum Gasteiger partial charge on any atom is 0.227 e. The largest absolute Gasteiger partial charge is 0.309 e. The topological polar surface area (TPSA) is 64.7 Å². The molecular formula is C18H15ClF5N5O. The zero-order valence-corrected chi connectivity index (χ0v) is 16.5. The minimum atomic E-state index is -2.23. The molecule has 3 aromatic rings. The number of rotatable bonds is 6. The van der Waals surface area contributed by atoms with Crippen LogP contribution in [0.25, 0.3) is 0 Å². The summed E-state index contributed by atoms with van der Waals surface area (Å²) in [5, 5.41) is 11.1. The van der Waals surface area contributed by atoms with Crippen molar-refractivity contribution in [3.8, 4) is 0 Å². The number of amides is 1. The number of nitrogens with one attached hydrogen (secondary N) is 1. The second-order valence-corrected chi connectivity index (χ2v) is 6.83. The Bertz CT molecular complexity index is 1100. The monoisotopic (exact) mass is 447 g/mol. The molecule has 1 N–H and O–H groups in total. The van der Waals surface area contributed by atoms with Gasteiger partial charge in [0.1, 0.15) is 0 Å². The number of nitrogens with zero attached hydrogens (tertiary/aromatic N) is 4. The summed E-state index contributed by atoms with van der Waals surface area (Å²) in [4.78, 5) is 12.1. The van der Waals surface area contributed by atoms with Gasteiger partial charge in [-0.05, 0) is 13.8 Å². The zero-order valence-electron chi connectivity index (χ0n) is 15.7. The standard InChI is InChI=1S/C18H15ClF5N5O/c1-8-13(19)9(2)29(26-8)6-4-12(30)25-11-3-5-28(27-11)7-10-14(20)16(22)18(24)17(23)15(10)21/h3,5H,4,6-7H2,1-2H3,(H,25,27,30). The number of hydrogen-bond acceptors (Lipinski definition) is 3. The lowest BCUT2D eigenvalue weighted by molar-refractivity contribution is -0.116. The highest BCUT2D eigenvalue weighted by Gasteiger charge is 2.26. The fourth-order valence-corrected chi connectivity index (χ4v) is 2.91. The van der Waals surface area contributed by atoms with Crippen LogP contribution in [0.5, 0.6) is 0 Å². The van der Waals surface area contributed by atoms with E-state index in [0.29, 0.717) is 16.4 Å². The molecule has 160 valence electrons. The Balaban J connectivity index is 1.66. The molecule has 6 nitrogen and oxygen atoms in total. The van der Waals surface area contributed by atoms with Gasteiger partial charge in [-0.25, -0.2) is 22.0 Å². The molecule has 0 aliphatic carbocycles. The van der Waals surface area contributed by atoms with Crippen molar-refractivity contribution in [1.29, 1.82) is 0 Å². The number of carbonyl (C=O) groups is 1. The Labute approximate surface area is 172 Å². The van der Waals surface area contributed by atoms with Crippen LogP contribution in [0.1, 0.15) is 23.4 Å². The van der Waals surface area contributed by atoms with Gasteiger partial charge in [0.05, 0.1) is 35.1 Å². The van der Waals surface area contributed by atoms with Crippen molar-refractivity contribution in [3.63, 3.8) is 0 Å². The smallest absolute Gasteiger partial charge is 0.227 e. The van der Waals surface area contributed by atoms with E-state index < -0.39 is 47.1 Å². The van der Waals surface area contributed by atoms with E-state index in [-0.39, 0.29) is 18.8 Å². The quantitative estimate of drug-likeness (QED) is 0.351. The highest BCUT2D eigenvalue weighted by atomic mass is 35.5. The normalized spacial score (nSPS) is 11.2. The van der Waals surface area contributed by atoms with Crippen LogP contribution in [0, 0.1) is 42.9 Å². The average molecular weight is 448 g/mol. The first kappa shape index (κ1) is 21.8. The zero-order chi connectivity index (χ0) is 22.2. The summed E-state index contributed by atoms with van der Waals surface area (Å²) >= 11 is 6.05. The predicted octanol–water partition coefficient (Wildman–Crippen LogP) is 4.12. The molecule has 0 atom stereocenters. The van der Waals surface area contributed by atoms with Crippen LogP contribution in [0.15, 0.2) is 12.3 Å². The van der Waals surface area contributed by atoms with Gasteiger partial charge >= 0.3 is 0 Å². The third-order valence-electron chi connectivity index (χ3n) is 4.37. The molecule has 12 heteroatoms. The van der Waals surface area contributed by atoms with E-state index in [1.807, 2.05) is 0 Å². The van der Waals surface area contributed by atoms with Crippen LogP contribution < -0.4 is 5.32 Å². The third-order valence-corrected chi connectivity index (χ3v) is 4.92. The number of anilines is 1. The Morgan fingerprint density at radius 2 is 1.63 bits per heavy atom. The Morgan fingerprint density at radius 3 is 2.20 bits per heavy atom. The molecule has 1 aromatic carbocycles. The van der Waals surface area contributed by atoms with E-state index in [9.17, 15) is 26.7 Å². The molecule has 0 unspecified atom stereocenters. The molecule has 0 saturated heterocycles. The highest BCUT2D eigenvalue weighted by molar-refractivity contribution is 6.31. The van der Waals surface area contributed by atoms with Crippen molar-refractivity contribution in [2.24, 2.45) is 0 Å². The minimum absolute atomic E-state index is 0.0444. The molecule has 0 radical (unpaired) electrons. The van der Waals surface area contributed by atoms with Crippen LogP contribution in [-0.2, 0) is 17.9 Å². The number of aromatic nitrogens is 4. The van der Waals surface area contributed by atoms with Gasteiger partial charge in [-0.1, -0.05) is 11.6 Å². The fourth-order valence-electron chi connectivity index (χ4n) is 2.77. The van der Waals surface area contributed by atoms with Gasteiger partial charge in [-0.2, -0.15) is 10.2 Å². The molecule has 0 spiro atoms. The van der Waals surface area contributed by atoms with Gasteiger partial charge < -0.3 is 5.32 Å². The number of aryl methyl sites for hydroxylation is 2. The molecular weight excluding hydrogens is 433 g/mol. The van der Waals surface area contributed by atoms with Crippen LogP contribution in [0.4, 0.5) is 27.8 Å². The minimum Gasteiger partial charge on any atom is -0.309 e. The van der Waals surface area contributed by atoms with E-state index in [2.05, 4.69) is 15.5 Å². The Kier molecular flexibility index (Phi) is 6.11. The summed E-state index contributed by atoms with van der Waals surface area (Å²) in [6.07, 6.45) is 1.28. The van der Waals surface area contributed by atoms with E-state index in [0.717, 1.165) is 4.68 Å². The highest BCUT2D eigenvalue weighted by Crippen LogP contribution is 2.24. The lowest BCUT2D eigenvalue weighted by Crippen LogP contribution is -2.16. The van der Waals surface area contributed by atoms with Crippen LogP contribution >= 0.6 is 11.6 Å². The summed E-state index contributed by atoms with van der Waals surface area (Å²) < 4.78 is 69.8. The van der Waals surface area contributed by atoms with E-state index >= 15 is 0 Å². The van der Waals surface area contributed by atoms with Crippen LogP contribution in [-0.4, -0.2) is 25.5 Å². The molecule has 0 aliphatic rings. The molecule has 0 aliphatic heterocycles. The maximum absolute atomic E-state index is 13.8. The number of benzene rings is 1. The van der Waals surface area contributed by atoms with Crippen molar-refractivity contribution in [2.75, 3.05) is 5.32 Å². The second kappa shape index (κ2) is 8.42. The molecule has 0 saturated carbocycles. The van der Waals surface area contributed by atoms with Gasteiger partial charge in [-0.3, -0.25) is 14.2 Å². The lowest BCUT2D eigenvalue weighted by atomic mass is 10.1. The lowest BCUT2D eigenvalue weighted by Gasteiger charge is -2.08. The van der Waals surface area contributed by atoms with Crippen molar-refractivity contribution < 1.29 is 26.7 Å². The molecule has 30 heavy (non-hydrogen) atoms. The average Bonchev–Trinajstić information content (AvgIpc) is 3.25. The second-order valence-electron chi connectivity index (χ2n) is 6.45. The number of carbonyl (C=O) groups excluding carboxylic acids is 1. The summed E-state index contributed by atoms with van der Waals surface area (Å²) in [5.41, 5.74) is 0.323.